The number of nitrogens with zero attached hydrogens (tertiary/aromatic N) is 2. The average molecular weight is 324 g/mol. The number of amides is 1. The first-order valence-corrected chi connectivity index (χ1v) is 7.22. The number of carboxylic acid groups (broad SMARTS) is 1. The van der Waals surface area contributed by atoms with Gasteiger partial charge in [-0.05, 0) is 12.0 Å². The number of nitro benzene ring substituents is 1. The first kappa shape index (κ1) is 18.4. The molecule has 0 aliphatic carbocycles. The lowest BCUT2D eigenvalue weighted by Gasteiger charge is -2.24. The number of nitro groups is 1. The van der Waals surface area contributed by atoms with Gasteiger partial charge in [-0.3, -0.25) is 15.0 Å². The Morgan fingerprint density at radius 1 is 1.35 bits per heavy atom. The zero-order valence-corrected chi connectivity index (χ0v) is 13.1. The summed E-state index contributed by atoms with van der Waals surface area (Å²) in [5.41, 5.74) is 0.504. The Morgan fingerprint density at radius 3 is 2.43 bits per heavy atom. The molecule has 0 spiro atoms. The highest BCUT2D eigenvalue weighted by atomic mass is 16.6. The van der Waals surface area contributed by atoms with E-state index in [1.54, 1.807) is 0 Å². The number of benzene rings is 1. The third kappa shape index (κ3) is 5.57. The molecule has 1 amide bonds. The summed E-state index contributed by atoms with van der Waals surface area (Å²) < 4.78 is 5.00. The van der Waals surface area contributed by atoms with Crippen molar-refractivity contribution in [1.82, 2.24) is 4.90 Å². The van der Waals surface area contributed by atoms with Gasteiger partial charge in [-0.25, -0.2) is 9.59 Å². The maximum absolute atomic E-state index is 11.8. The first-order valence-electron chi connectivity index (χ1n) is 7.22. The van der Waals surface area contributed by atoms with Gasteiger partial charge in [-0.15, -0.1) is 0 Å². The van der Waals surface area contributed by atoms with Crippen LogP contribution in [0, 0.1) is 10.1 Å². The number of non-ortho nitro benzene ring substituents is 1. The summed E-state index contributed by atoms with van der Waals surface area (Å²) in [5.74, 6) is -1.17. The lowest BCUT2D eigenvalue weighted by atomic mass is 10.0. The van der Waals surface area contributed by atoms with Crippen molar-refractivity contribution >= 4 is 17.7 Å². The predicted molar refractivity (Wildman–Crippen MR) is 82.2 cm³/mol. The second-order valence-corrected chi connectivity index (χ2v) is 5.06. The number of carbonyl (C=O) groups excluding carboxylic acids is 1. The highest BCUT2D eigenvalue weighted by Crippen LogP contribution is 2.15. The summed E-state index contributed by atoms with van der Waals surface area (Å²) in [6.07, 6.45) is 0.905. The third-order valence-corrected chi connectivity index (χ3v) is 3.34. The molecule has 0 aromatic heterocycles. The normalized spacial score (nSPS) is 11.6. The minimum atomic E-state index is -1.17. The fourth-order valence-electron chi connectivity index (χ4n) is 1.90. The van der Waals surface area contributed by atoms with E-state index in [2.05, 4.69) is 0 Å². The molecule has 0 unspecified atom stereocenters. The molecule has 0 aliphatic rings. The van der Waals surface area contributed by atoms with Gasteiger partial charge in [0.2, 0.25) is 0 Å². The Hall–Kier alpha value is -2.64. The van der Waals surface area contributed by atoms with Crippen LogP contribution in [0.5, 0.6) is 0 Å². The van der Waals surface area contributed by atoms with Gasteiger partial charge < -0.3 is 9.84 Å². The van der Waals surface area contributed by atoms with Crippen LogP contribution in [-0.4, -0.2) is 46.7 Å². The number of likely N-dealkylation sites (N-methyl/N-ethyl adjacent to an activating group) is 1. The lowest BCUT2D eigenvalue weighted by Crippen LogP contribution is -2.44. The van der Waals surface area contributed by atoms with E-state index in [4.69, 9.17) is 4.74 Å². The molecule has 0 heterocycles. The maximum Gasteiger partial charge on any atom is 0.410 e. The van der Waals surface area contributed by atoms with Crippen LogP contribution in [0.4, 0.5) is 10.5 Å². The van der Waals surface area contributed by atoms with Crippen LogP contribution in [0.1, 0.15) is 25.3 Å². The quantitative estimate of drug-likeness (QED) is 0.447. The SMILES string of the molecule is CCCCOC(=O)N(C)[C@@H](Cc1ccc([N+](=O)[O-])cc1)C(=O)O. The smallest absolute Gasteiger partial charge is 0.410 e. The minimum Gasteiger partial charge on any atom is -0.480 e. The fourth-order valence-corrected chi connectivity index (χ4v) is 1.90. The number of carbonyl (C=O) groups is 2. The van der Waals surface area contributed by atoms with E-state index in [0.717, 1.165) is 11.3 Å². The van der Waals surface area contributed by atoms with E-state index in [1.165, 1.54) is 31.3 Å². The molecule has 126 valence electrons. The van der Waals surface area contributed by atoms with Crippen molar-refractivity contribution in [2.75, 3.05) is 13.7 Å². The van der Waals surface area contributed by atoms with Gasteiger partial charge >= 0.3 is 12.1 Å². The van der Waals surface area contributed by atoms with Crippen molar-refractivity contribution in [2.24, 2.45) is 0 Å². The maximum atomic E-state index is 11.8. The van der Waals surface area contributed by atoms with Crippen molar-refractivity contribution in [1.29, 1.82) is 0 Å². The summed E-state index contributed by atoms with van der Waals surface area (Å²) >= 11 is 0. The zero-order valence-electron chi connectivity index (χ0n) is 13.1. The molecule has 0 saturated heterocycles. The number of rotatable bonds is 8. The highest BCUT2D eigenvalue weighted by molar-refractivity contribution is 5.80. The van der Waals surface area contributed by atoms with Gasteiger partial charge in [0, 0.05) is 25.6 Å². The summed E-state index contributed by atoms with van der Waals surface area (Å²) in [5, 5.41) is 19.9. The average Bonchev–Trinajstić information content (AvgIpc) is 2.52. The Kier molecular flexibility index (Phi) is 6.98. The molecule has 1 aromatic rings. The monoisotopic (exact) mass is 324 g/mol. The van der Waals surface area contributed by atoms with Crippen LogP contribution >= 0.6 is 0 Å². The van der Waals surface area contributed by atoms with Gasteiger partial charge in [-0.1, -0.05) is 25.5 Å². The molecule has 8 heteroatoms. The van der Waals surface area contributed by atoms with Crippen LogP contribution in [0.25, 0.3) is 0 Å². The topological polar surface area (TPSA) is 110 Å². The molecule has 1 aromatic carbocycles. The summed E-state index contributed by atoms with van der Waals surface area (Å²) in [4.78, 5) is 34.3. The van der Waals surface area contributed by atoms with Gasteiger partial charge in [0.05, 0.1) is 11.5 Å². The summed E-state index contributed by atoms with van der Waals surface area (Å²) in [6, 6.07) is 4.45. The van der Waals surface area contributed by atoms with Crippen LogP contribution < -0.4 is 0 Å². The largest absolute Gasteiger partial charge is 0.480 e. The Morgan fingerprint density at radius 2 is 1.96 bits per heavy atom. The molecule has 1 rings (SSSR count). The van der Waals surface area contributed by atoms with Crippen molar-refractivity contribution in [3.8, 4) is 0 Å². The van der Waals surface area contributed by atoms with E-state index in [0.29, 0.717) is 12.0 Å². The molecular weight excluding hydrogens is 304 g/mol. The van der Waals surface area contributed by atoms with Gasteiger partial charge in [0.15, 0.2) is 0 Å². The standard InChI is InChI=1S/C15H20N2O6/c1-3-4-9-23-15(20)16(2)13(14(18)19)10-11-5-7-12(8-6-11)17(21)22/h5-8,13H,3-4,9-10H2,1-2H3,(H,18,19)/t13-/m0/s1. The number of unbranched alkanes of at least 4 members (excludes halogenated alkanes) is 1. The van der Waals surface area contributed by atoms with E-state index in [-0.39, 0.29) is 18.7 Å². The number of carboxylic acids is 1. The molecule has 0 fully saturated rings. The van der Waals surface area contributed by atoms with Crippen LogP contribution in [-0.2, 0) is 16.0 Å². The Labute approximate surface area is 133 Å². The second-order valence-electron chi connectivity index (χ2n) is 5.06. The van der Waals surface area contributed by atoms with Crippen LogP contribution in [0.3, 0.4) is 0 Å². The van der Waals surface area contributed by atoms with E-state index < -0.39 is 23.0 Å². The van der Waals surface area contributed by atoms with Crippen molar-refractivity contribution in [3.63, 3.8) is 0 Å². The number of ether oxygens (including phenoxy) is 1. The first-order chi connectivity index (χ1) is 10.9. The Balaban J connectivity index is 2.76. The van der Waals surface area contributed by atoms with Crippen LogP contribution in [0.2, 0.25) is 0 Å². The molecule has 8 nitrogen and oxygen atoms in total. The van der Waals surface area contributed by atoms with Crippen LogP contribution in [0.15, 0.2) is 24.3 Å². The predicted octanol–water partition coefficient (Wildman–Crippen LogP) is 2.46. The molecule has 1 N–H and O–H groups in total. The second kappa shape index (κ2) is 8.72. The number of aliphatic carboxylic acids is 1. The molecule has 1 atom stereocenters. The minimum absolute atomic E-state index is 0.0344. The van der Waals surface area contributed by atoms with E-state index in [9.17, 15) is 24.8 Å². The third-order valence-electron chi connectivity index (χ3n) is 3.34. The molecule has 0 saturated carbocycles. The molecule has 0 aliphatic heterocycles. The zero-order chi connectivity index (χ0) is 17.4. The summed E-state index contributed by atoms with van der Waals surface area (Å²) in [7, 11) is 1.36. The van der Waals surface area contributed by atoms with Crippen molar-refractivity contribution in [3.05, 3.63) is 39.9 Å². The Bertz CT molecular complexity index is 558. The van der Waals surface area contributed by atoms with Crippen molar-refractivity contribution < 1.29 is 24.4 Å². The lowest BCUT2D eigenvalue weighted by molar-refractivity contribution is -0.384. The molecule has 0 bridgehead atoms. The summed E-state index contributed by atoms with van der Waals surface area (Å²) in [6.45, 7) is 2.19. The van der Waals surface area contributed by atoms with Gasteiger partial charge in [-0.2, -0.15) is 0 Å². The van der Waals surface area contributed by atoms with E-state index >= 15 is 0 Å². The van der Waals surface area contributed by atoms with Gasteiger partial charge in [0.1, 0.15) is 6.04 Å². The molecular formula is C15H20N2O6. The van der Waals surface area contributed by atoms with Gasteiger partial charge in [0.25, 0.3) is 5.69 Å². The molecule has 23 heavy (non-hydrogen) atoms. The number of hydrogen-bond acceptors (Lipinski definition) is 5. The fraction of sp³-hybridized carbons (Fsp3) is 0.467. The van der Waals surface area contributed by atoms with E-state index in [1.807, 2.05) is 6.92 Å². The highest BCUT2D eigenvalue weighted by Gasteiger charge is 2.28. The van der Waals surface area contributed by atoms with Crippen molar-refractivity contribution in [2.45, 2.75) is 32.2 Å². The molecule has 0 radical (unpaired) electrons. The number of hydrogen-bond donors (Lipinski definition) is 1.